The second-order valence-electron chi connectivity index (χ2n) is 4.31. The summed E-state index contributed by atoms with van der Waals surface area (Å²) in [5.41, 5.74) is 5.52. The second-order valence-corrected chi connectivity index (χ2v) is 7.87. The second kappa shape index (κ2) is 7.20. The number of anilines is 1. The minimum Gasteiger partial charge on any atom is -0.393 e. The van der Waals surface area contributed by atoms with E-state index in [1.165, 1.54) is 11.2 Å². The number of sulfonamides is 1. The maximum absolute atomic E-state index is 12.5. The van der Waals surface area contributed by atoms with E-state index in [4.69, 9.17) is 18.0 Å². The van der Waals surface area contributed by atoms with Crippen molar-refractivity contribution < 1.29 is 13.2 Å². The Morgan fingerprint density at radius 3 is 2.62 bits per heavy atom. The zero-order valence-electron chi connectivity index (χ0n) is 11.9. The van der Waals surface area contributed by atoms with Crippen molar-refractivity contribution in [3.05, 3.63) is 0 Å². The van der Waals surface area contributed by atoms with Gasteiger partial charge < -0.3 is 11.1 Å². The quantitative estimate of drug-likeness (QED) is 0.540. The van der Waals surface area contributed by atoms with Crippen LogP contribution >= 0.6 is 23.6 Å². The number of carbonyl (C=O) groups excluding carboxylic acids is 1. The SMILES string of the molecule is CCN(CC(C)C(N)=S)S(=O)(=O)c1nnc(NC(C)=O)s1. The van der Waals surface area contributed by atoms with Crippen LogP contribution in [0, 0.1) is 5.92 Å². The molecule has 1 unspecified atom stereocenters. The standard InChI is InChI=1S/C10H17N5O3S3/c1-4-15(5-6(2)8(11)19)21(17,18)10-14-13-9(20-10)12-7(3)16/h6H,4-5H2,1-3H3,(H2,11,19)(H,12,13,16). The van der Waals surface area contributed by atoms with Crippen LogP contribution in [-0.2, 0) is 14.8 Å². The number of hydrogen-bond donors (Lipinski definition) is 2. The zero-order valence-corrected chi connectivity index (χ0v) is 14.3. The van der Waals surface area contributed by atoms with Crippen molar-refractivity contribution in [1.29, 1.82) is 0 Å². The average Bonchev–Trinajstić information content (AvgIpc) is 2.83. The maximum Gasteiger partial charge on any atom is 0.272 e. The Kier molecular flexibility index (Phi) is 6.13. The van der Waals surface area contributed by atoms with Crippen LogP contribution in [0.25, 0.3) is 0 Å². The van der Waals surface area contributed by atoms with E-state index in [9.17, 15) is 13.2 Å². The summed E-state index contributed by atoms with van der Waals surface area (Å²) in [5, 5.41) is 9.79. The van der Waals surface area contributed by atoms with E-state index >= 15 is 0 Å². The fourth-order valence-corrected chi connectivity index (χ4v) is 4.12. The zero-order chi connectivity index (χ0) is 16.2. The third-order valence-electron chi connectivity index (χ3n) is 2.57. The highest BCUT2D eigenvalue weighted by atomic mass is 32.2. The molecule has 0 spiro atoms. The molecule has 0 aliphatic carbocycles. The third kappa shape index (κ3) is 4.66. The van der Waals surface area contributed by atoms with Gasteiger partial charge in [-0.1, -0.05) is 37.4 Å². The van der Waals surface area contributed by atoms with Gasteiger partial charge in [0, 0.05) is 25.9 Å². The lowest BCUT2D eigenvalue weighted by Gasteiger charge is -2.21. The largest absolute Gasteiger partial charge is 0.393 e. The number of aromatic nitrogens is 2. The van der Waals surface area contributed by atoms with Gasteiger partial charge in [0.25, 0.3) is 10.0 Å². The van der Waals surface area contributed by atoms with Crippen LogP contribution in [0.15, 0.2) is 4.34 Å². The van der Waals surface area contributed by atoms with Gasteiger partial charge in [-0.05, 0) is 0 Å². The van der Waals surface area contributed by atoms with E-state index in [-0.39, 0.29) is 39.4 Å². The number of rotatable bonds is 7. The predicted octanol–water partition coefficient (Wildman–Crippen LogP) is 0.429. The average molecular weight is 351 g/mol. The monoisotopic (exact) mass is 351 g/mol. The molecular weight excluding hydrogens is 334 g/mol. The van der Waals surface area contributed by atoms with Gasteiger partial charge in [-0.3, -0.25) is 4.79 Å². The van der Waals surface area contributed by atoms with Crippen molar-refractivity contribution >= 4 is 49.6 Å². The number of amides is 1. The Balaban J connectivity index is 2.99. The molecule has 21 heavy (non-hydrogen) atoms. The van der Waals surface area contributed by atoms with E-state index < -0.39 is 10.0 Å². The molecular formula is C10H17N5O3S3. The Hall–Kier alpha value is -1.17. The first-order chi connectivity index (χ1) is 9.68. The molecule has 1 heterocycles. The number of nitrogens with one attached hydrogen (secondary N) is 1. The molecule has 0 radical (unpaired) electrons. The lowest BCUT2D eigenvalue weighted by atomic mass is 10.2. The van der Waals surface area contributed by atoms with Crippen LogP contribution in [0.5, 0.6) is 0 Å². The number of thiocarbonyl (C=S) groups is 1. The molecule has 0 aliphatic heterocycles. The molecule has 0 aliphatic rings. The summed E-state index contributed by atoms with van der Waals surface area (Å²) in [6, 6.07) is 0. The van der Waals surface area contributed by atoms with E-state index in [0.29, 0.717) is 0 Å². The summed E-state index contributed by atoms with van der Waals surface area (Å²) in [5.74, 6) is -0.595. The smallest absolute Gasteiger partial charge is 0.272 e. The van der Waals surface area contributed by atoms with Gasteiger partial charge in [-0.15, -0.1) is 10.2 Å². The molecule has 3 N–H and O–H groups in total. The van der Waals surface area contributed by atoms with Crippen molar-refractivity contribution in [2.45, 2.75) is 25.1 Å². The van der Waals surface area contributed by atoms with Gasteiger partial charge in [0.05, 0.1) is 4.99 Å². The normalized spacial score (nSPS) is 13.1. The number of nitrogens with two attached hydrogens (primary N) is 1. The maximum atomic E-state index is 12.5. The lowest BCUT2D eigenvalue weighted by molar-refractivity contribution is -0.114. The molecule has 1 amide bonds. The topological polar surface area (TPSA) is 118 Å². The van der Waals surface area contributed by atoms with Crippen LogP contribution in [0.3, 0.4) is 0 Å². The van der Waals surface area contributed by atoms with E-state index in [0.717, 1.165) is 11.3 Å². The molecule has 0 bridgehead atoms. The highest BCUT2D eigenvalue weighted by Crippen LogP contribution is 2.23. The van der Waals surface area contributed by atoms with Crippen LogP contribution in [-0.4, -0.2) is 46.9 Å². The van der Waals surface area contributed by atoms with Crippen molar-refractivity contribution in [2.24, 2.45) is 11.7 Å². The summed E-state index contributed by atoms with van der Waals surface area (Å²) in [6.45, 7) is 5.19. The Labute approximate surface area is 132 Å². The Bertz CT molecular complexity index is 628. The highest BCUT2D eigenvalue weighted by molar-refractivity contribution is 7.91. The minimum atomic E-state index is -3.78. The molecule has 8 nitrogen and oxygen atoms in total. The predicted molar refractivity (Wildman–Crippen MR) is 84.6 cm³/mol. The third-order valence-corrected chi connectivity index (χ3v) is 6.09. The van der Waals surface area contributed by atoms with Gasteiger partial charge in [-0.25, -0.2) is 8.42 Å². The van der Waals surface area contributed by atoms with E-state index in [2.05, 4.69) is 15.5 Å². The first-order valence-electron chi connectivity index (χ1n) is 6.09. The summed E-state index contributed by atoms with van der Waals surface area (Å²) in [6.07, 6.45) is 0. The number of hydrogen-bond acceptors (Lipinski definition) is 7. The minimum absolute atomic E-state index is 0.138. The van der Waals surface area contributed by atoms with Gasteiger partial charge in [0.1, 0.15) is 0 Å². The van der Waals surface area contributed by atoms with E-state index in [1.54, 1.807) is 13.8 Å². The van der Waals surface area contributed by atoms with Crippen molar-refractivity contribution in [2.75, 3.05) is 18.4 Å². The fraction of sp³-hybridized carbons (Fsp3) is 0.600. The molecule has 11 heteroatoms. The molecule has 1 aromatic rings. The summed E-state index contributed by atoms with van der Waals surface area (Å²) < 4.78 is 26.0. The fourth-order valence-electron chi connectivity index (χ4n) is 1.42. The van der Waals surface area contributed by atoms with Gasteiger partial charge in [0.2, 0.25) is 15.4 Å². The molecule has 1 rings (SSSR count). The van der Waals surface area contributed by atoms with Crippen molar-refractivity contribution in [3.63, 3.8) is 0 Å². The summed E-state index contributed by atoms with van der Waals surface area (Å²) >= 11 is 5.66. The Morgan fingerprint density at radius 2 is 2.14 bits per heavy atom. The van der Waals surface area contributed by atoms with E-state index in [1.807, 2.05) is 0 Å². The summed E-state index contributed by atoms with van der Waals surface area (Å²) in [4.78, 5) is 11.2. The molecule has 0 aromatic carbocycles. The molecule has 1 aromatic heterocycles. The van der Waals surface area contributed by atoms with Crippen LogP contribution < -0.4 is 11.1 Å². The number of nitrogens with zero attached hydrogens (tertiary/aromatic N) is 3. The van der Waals surface area contributed by atoms with Crippen LogP contribution in [0.4, 0.5) is 5.13 Å². The summed E-state index contributed by atoms with van der Waals surface area (Å²) in [7, 11) is -3.78. The Morgan fingerprint density at radius 1 is 1.52 bits per heavy atom. The first kappa shape index (κ1) is 17.9. The highest BCUT2D eigenvalue weighted by Gasteiger charge is 2.29. The van der Waals surface area contributed by atoms with Gasteiger partial charge in [-0.2, -0.15) is 4.31 Å². The van der Waals surface area contributed by atoms with Crippen LogP contribution in [0.2, 0.25) is 0 Å². The molecule has 0 saturated carbocycles. The molecule has 1 atom stereocenters. The molecule has 0 saturated heterocycles. The van der Waals surface area contributed by atoms with Crippen LogP contribution in [0.1, 0.15) is 20.8 Å². The van der Waals surface area contributed by atoms with Gasteiger partial charge in [0.15, 0.2) is 0 Å². The molecule has 118 valence electrons. The number of carbonyl (C=O) groups is 1. The lowest BCUT2D eigenvalue weighted by Crippen LogP contribution is -2.38. The van der Waals surface area contributed by atoms with Crippen molar-refractivity contribution in [1.82, 2.24) is 14.5 Å². The van der Waals surface area contributed by atoms with Crippen molar-refractivity contribution in [3.8, 4) is 0 Å². The first-order valence-corrected chi connectivity index (χ1v) is 8.75. The van der Waals surface area contributed by atoms with Gasteiger partial charge >= 0.3 is 0 Å². The molecule has 0 fully saturated rings.